The van der Waals surface area contributed by atoms with Gasteiger partial charge in [0, 0.05) is 24.3 Å². The highest BCUT2D eigenvalue weighted by molar-refractivity contribution is 6.01. The maximum atomic E-state index is 12.6. The molecule has 158 valence electrons. The molecule has 3 rings (SSSR count). The summed E-state index contributed by atoms with van der Waals surface area (Å²) in [5.74, 6) is -1.61. The second kappa shape index (κ2) is 9.11. The van der Waals surface area contributed by atoms with Gasteiger partial charge in [-0.05, 0) is 56.0 Å². The van der Waals surface area contributed by atoms with Crippen LogP contribution in [0.25, 0.3) is 0 Å². The summed E-state index contributed by atoms with van der Waals surface area (Å²) >= 11 is 0. The standard InChI is InChI=1S/C24H28N2O4/c1-5-18-8-6-7-9-21(18)26-14-19(13-22(26)27)24(29)30-17(4)23(28)25-20-12-15(2)10-11-16(20)3/h6-12,17,19H,5,13-14H2,1-4H3,(H,25,28)/t17-,19+/m1/s1. The van der Waals surface area contributed by atoms with E-state index in [1.807, 2.05) is 63.2 Å². The van der Waals surface area contributed by atoms with Crippen molar-refractivity contribution >= 4 is 29.2 Å². The van der Waals surface area contributed by atoms with Crippen LogP contribution in [0, 0.1) is 19.8 Å². The van der Waals surface area contributed by atoms with Crippen LogP contribution in [0.2, 0.25) is 0 Å². The number of anilines is 2. The highest BCUT2D eigenvalue weighted by atomic mass is 16.5. The van der Waals surface area contributed by atoms with E-state index in [0.29, 0.717) is 5.69 Å². The molecular formula is C24H28N2O4. The Hall–Kier alpha value is -3.15. The average Bonchev–Trinajstić information content (AvgIpc) is 3.12. The lowest BCUT2D eigenvalue weighted by atomic mass is 10.1. The van der Waals surface area contributed by atoms with E-state index in [9.17, 15) is 14.4 Å². The summed E-state index contributed by atoms with van der Waals surface area (Å²) < 4.78 is 5.40. The summed E-state index contributed by atoms with van der Waals surface area (Å²) in [7, 11) is 0. The third-order valence-corrected chi connectivity index (χ3v) is 5.43. The van der Waals surface area contributed by atoms with Gasteiger partial charge in [0.05, 0.1) is 5.92 Å². The Morgan fingerprint density at radius 3 is 2.67 bits per heavy atom. The smallest absolute Gasteiger partial charge is 0.312 e. The van der Waals surface area contributed by atoms with Gasteiger partial charge in [0.15, 0.2) is 6.10 Å². The Labute approximate surface area is 177 Å². The van der Waals surface area contributed by atoms with Crippen LogP contribution in [0.1, 0.15) is 37.0 Å². The molecule has 2 amide bonds. The van der Waals surface area contributed by atoms with E-state index >= 15 is 0 Å². The zero-order valence-corrected chi connectivity index (χ0v) is 17.9. The molecule has 1 aliphatic rings. The minimum absolute atomic E-state index is 0.0855. The minimum atomic E-state index is -0.954. The van der Waals surface area contributed by atoms with E-state index in [1.54, 1.807) is 11.8 Å². The molecule has 6 heteroatoms. The van der Waals surface area contributed by atoms with Gasteiger partial charge in [-0.1, -0.05) is 37.3 Å². The molecule has 1 N–H and O–H groups in total. The lowest BCUT2D eigenvalue weighted by Crippen LogP contribution is -2.33. The molecule has 2 aromatic rings. The number of amides is 2. The lowest BCUT2D eigenvalue weighted by Gasteiger charge is -2.20. The molecule has 0 bridgehead atoms. The maximum absolute atomic E-state index is 12.6. The molecule has 1 fully saturated rings. The van der Waals surface area contributed by atoms with Crippen molar-refractivity contribution in [2.75, 3.05) is 16.8 Å². The van der Waals surface area contributed by atoms with E-state index < -0.39 is 23.9 Å². The van der Waals surface area contributed by atoms with E-state index in [-0.39, 0.29) is 18.9 Å². The first kappa shape index (κ1) is 21.6. The van der Waals surface area contributed by atoms with E-state index in [0.717, 1.165) is 28.8 Å². The molecule has 0 aliphatic carbocycles. The molecule has 0 saturated carbocycles. The second-order valence-electron chi connectivity index (χ2n) is 7.77. The minimum Gasteiger partial charge on any atom is -0.452 e. The van der Waals surface area contributed by atoms with Crippen molar-refractivity contribution in [2.45, 2.75) is 46.6 Å². The maximum Gasteiger partial charge on any atom is 0.312 e. The first-order valence-electron chi connectivity index (χ1n) is 10.3. The largest absolute Gasteiger partial charge is 0.452 e. The Morgan fingerprint density at radius 2 is 1.93 bits per heavy atom. The van der Waals surface area contributed by atoms with Crippen LogP contribution < -0.4 is 10.2 Å². The van der Waals surface area contributed by atoms with Crippen LogP contribution >= 0.6 is 0 Å². The summed E-state index contributed by atoms with van der Waals surface area (Å²) in [5, 5.41) is 2.81. The predicted octanol–water partition coefficient (Wildman–Crippen LogP) is 3.79. The van der Waals surface area contributed by atoms with Crippen LogP contribution in [-0.2, 0) is 25.5 Å². The SMILES string of the molecule is CCc1ccccc1N1C[C@@H](C(=O)O[C@H](C)C(=O)Nc2cc(C)ccc2C)CC1=O. The summed E-state index contributed by atoms with van der Waals surface area (Å²) in [6.45, 7) is 7.68. The molecule has 2 aromatic carbocycles. The van der Waals surface area contributed by atoms with Crippen molar-refractivity contribution in [3.63, 3.8) is 0 Å². The van der Waals surface area contributed by atoms with Crippen molar-refractivity contribution in [3.05, 3.63) is 59.2 Å². The number of nitrogens with zero attached hydrogens (tertiary/aromatic N) is 1. The van der Waals surface area contributed by atoms with Crippen molar-refractivity contribution in [2.24, 2.45) is 5.92 Å². The number of rotatable bonds is 6. The Balaban J connectivity index is 1.62. The number of aryl methyl sites for hydroxylation is 3. The summed E-state index contributed by atoms with van der Waals surface area (Å²) in [6, 6.07) is 13.5. The van der Waals surface area contributed by atoms with E-state index in [1.165, 1.54) is 0 Å². The molecule has 1 aliphatic heterocycles. The third kappa shape index (κ3) is 4.70. The fourth-order valence-electron chi connectivity index (χ4n) is 3.60. The first-order chi connectivity index (χ1) is 14.3. The summed E-state index contributed by atoms with van der Waals surface area (Å²) in [6.07, 6.45) is -0.0724. The van der Waals surface area contributed by atoms with Gasteiger partial charge in [-0.25, -0.2) is 0 Å². The Kier molecular flexibility index (Phi) is 6.55. The number of benzene rings is 2. The predicted molar refractivity (Wildman–Crippen MR) is 116 cm³/mol. The Bertz CT molecular complexity index is 969. The molecule has 0 unspecified atom stereocenters. The fourth-order valence-corrected chi connectivity index (χ4v) is 3.60. The summed E-state index contributed by atoms with van der Waals surface area (Å²) in [5.41, 5.74) is 4.54. The highest BCUT2D eigenvalue weighted by Crippen LogP contribution is 2.29. The van der Waals surface area contributed by atoms with Gasteiger partial charge >= 0.3 is 5.97 Å². The van der Waals surface area contributed by atoms with E-state index in [4.69, 9.17) is 4.74 Å². The number of carbonyl (C=O) groups excluding carboxylic acids is 3. The van der Waals surface area contributed by atoms with Gasteiger partial charge in [-0.3, -0.25) is 14.4 Å². The number of carbonyl (C=O) groups is 3. The number of esters is 1. The van der Waals surface area contributed by atoms with Gasteiger partial charge < -0.3 is 15.0 Å². The number of hydrogen-bond donors (Lipinski definition) is 1. The molecule has 0 radical (unpaired) electrons. The summed E-state index contributed by atoms with van der Waals surface area (Å²) in [4.78, 5) is 39.3. The van der Waals surface area contributed by atoms with Crippen LogP contribution in [0.4, 0.5) is 11.4 Å². The van der Waals surface area contributed by atoms with Gasteiger partial charge in [0.2, 0.25) is 5.91 Å². The highest BCUT2D eigenvalue weighted by Gasteiger charge is 2.37. The second-order valence-corrected chi connectivity index (χ2v) is 7.77. The number of ether oxygens (including phenoxy) is 1. The molecule has 0 aromatic heterocycles. The Morgan fingerprint density at radius 1 is 1.20 bits per heavy atom. The topological polar surface area (TPSA) is 75.7 Å². The number of hydrogen-bond acceptors (Lipinski definition) is 4. The van der Waals surface area contributed by atoms with E-state index in [2.05, 4.69) is 5.32 Å². The van der Waals surface area contributed by atoms with Crippen LogP contribution in [0.15, 0.2) is 42.5 Å². The monoisotopic (exact) mass is 408 g/mol. The van der Waals surface area contributed by atoms with Crippen LogP contribution in [0.3, 0.4) is 0 Å². The molecule has 0 spiro atoms. The lowest BCUT2D eigenvalue weighted by molar-refractivity contribution is -0.157. The van der Waals surface area contributed by atoms with Crippen molar-refractivity contribution < 1.29 is 19.1 Å². The van der Waals surface area contributed by atoms with Crippen LogP contribution in [-0.4, -0.2) is 30.4 Å². The first-order valence-corrected chi connectivity index (χ1v) is 10.3. The molecule has 1 heterocycles. The molecule has 1 saturated heterocycles. The zero-order chi connectivity index (χ0) is 21.8. The number of nitrogens with one attached hydrogen (secondary N) is 1. The van der Waals surface area contributed by atoms with Gasteiger partial charge in [-0.2, -0.15) is 0 Å². The fraction of sp³-hybridized carbons (Fsp3) is 0.375. The molecule has 6 nitrogen and oxygen atoms in total. The van der Waals surface area contributed by atoms with Gasteiger partial charge in [0.25, 0.3) is 5.91 Å². The molecule has 30 heavy (non-hydrogen) atoms. The average molecular weight is 408 g/mol. The van der Waals surface area contributed by atoms with Crippen LogP contribution in [0.5, 0.6) is 0 Å². The van der Waals surface area contributed by atoms with Gasteiger partial charge in [-0.15, -0.1) is 0 Å². The zero-order valence-electron chi connectivity index (χ0n) is 17.9. The van der Waals surface area contributed by atoms with Crippen molar-refractivity contribution in [1.82, 2.24) is 0 Å². The quantitative estimate of drug-likeness (QED) is 0.738. The van der Waals surface area contributed by atoms with Gasteiger partial charge in [0.1, 0.15) is 0 Å². The van der Waals surface area contributed by atoms with Crippen molar-refractivity contribution in [3.8, 4) is 0 Å². The third-order valence-electron chi connectivity index (χ3n) is 5.43. The van der Waals surface area contributed by atoms with Crippen molar-refractivity contribution in [1.29, 1.82) is 0 Å². The normalized spacial score (nSPS) is 17.0. The number of para-hydroxylation sites is 1. The molecule has 2 atom stereocenters. The molecular weight excluding hydrogens is 380 g/mol.